The van der Waals surface area contributed by atoms with Gasteiger partial charge in [0.2, 0.25) is 5.91 Å². The third-order valence-electron chi connectivity index (χ3n) is 2.53. The molecular weight excluding hydrogens is 230 g/mol. The lowest BCUT2D eigenvalue weighted by Crippen LogP contribution is -2.39. The fourth-order valence-electron chi connectivity index (χ4n) is 1.67. The lowest BCUT2D eigenvalue weighted by molar-refractivity contribution is -0.129. The summed E-state index contributed by atoms with van der Waals surface area (Å²) in [6, 6.07) is 9.53. The summed E-state index contributed by atoms with van der Waals surface area (Å²) >= 11 is 0. The largest absolute Gasteiger partial charge is 0.409 e. The first-order valence-electron chi connectivity index (χ1n) is 5.95. The number of amidine groups is 1. The minimum atomic E-state index is -0.0188. The highest BCUT2D eigenvalue weighted by Crippen LogP contribution is 2.03. The van der Waals surface area contributed by atoms with Gasteiger partial charge in [-0.25, -0.2) is 0 Å². The first-order chi connectivity index (χ1) is 8.67. The molecule has 3 N–H and O–H groups in total. The van der Waals surface area contributed by atoms with E-state index in [4.69, 9.17) is 10.9 Å². The van der Waals surface area contributed by atoms with Crippen molar-refractivity contribution in [1.82, 2.24) is 4.90 Å². The summed E-state index contributed by atoms with van der Waals surface area (Å²) in [6.07, 6.45) is 1.17. The molecule has 1 aromatic carbocycles. The normalized spacial score (nSPS) is 11.3. The van der Waals surface area contributed by atoms with Gasteiger partial charge in [-0.1, -0.05) is 42.4 Å². The molecule has 5 heteroatoms. The molecule has 0 atom stereocenters. The quantitative estimate of drug-likeness (QED) is 0.344. The standard InChI is InChI=1S/C13H19N3O2/c1-2-8-16(10-12(14)15-18)13(17)9-11-6-4-3-5-7-11/h3-7,18H,2,8-10H2,1H3,(H2,14,15). The van der Waals surface area contributed by atoms with E-state index in [0.29, 0.717) is 13.0 Å². The summed E-state index contributed by atoms with van der Waals surface area (Å²) in [5.74, 6) is 0.0273. The van der Waals surface area contributed by atoms with Crippen molar-refractivity contribution in [2.45, 2.75) is 19.8 Å². The van der Waals surface area contributed by atoms with E-state index in [-0.39, 0.29) is 18.3 Å². The highest BCUT2D eigenvalue weighted by molar-refractivity contribution is 5.87. The zero-order chi connectivity index (χ0) is 13.4. The first kappa shape index (κ1) is 14.0. The molecule has 18 heavy (non-hydrogen) atoms. The van der Waals surface area contributed by atoms with Gasteiger partial charge in [0.1, 0.15) is 0 Å². The minimum absolute atomic E-state index is 0.0188. The van der Waals surface area contributed by atoms with E-state index in [1.165, 1.54) is 0 Å². The van der Waals surface area contributed by atoms with Crippen molar-refractivity contribution in [3.8, 4) is 0 Å². The fourth-order valence-corrected chi connectivity index (χ4v) is 1.67. The number of nitrogens with zero attached hydrogens (tertiary/aromatic N) is 2. The molecule has 1 rings (SSSR count). The maximum atomic E-state index is 12.1. The second kappa shape index (κ2) is 7.32. The molecule has 0 aliphatic heterocycles. The van der Waals surface area contributed by atoms with Crippen molar-refractivity contribution in [3.05, 3.63) is 35.9 Å². The predicted octanol–water partition coefficient (Wildman–Crippen LogP) is 1.21. The molecule has 0 saturated heterocycles. The van der Waals surface area contributed by atoms with E-state index in [9.17, 15) is 4.79 Å². The van der Waals surface area contributed by atoms with E-state index in [0.717, 1.165) is 12.0 Å². The van der Waals surface area contributed by atoms with Gasteiger partial charge in [0.25, 0.3) is 0 Å². The topological polar surface area (TPSA) is 78.9 Å². The van der Waals surface area contributed by atoms with Crippen molar-refractivity contribution in [1.29, 1.82) is 0 Å². The molecule has 0 radical (unpaired) electrons. The van der Waals surface area contributed by atoms with Crippen LogP contribution in [-0.2, 0) is 11.2 Å². The Hall–Kier alpha value is -2.04. The van der Waals surface area contributed by atoms with E-state index in [1.807, 2.05) is 37.3 Å². The van der Waals surface area contributed by atoms with Gasteiger partial charge < -0.3 is 15.8 Å². The Bertz CT molecular complexity index is 404. The average Bonchev–Trinajstić information content (AvgIpc) is 2.39. The molecule has 0 spiro atoms. The van der Waals surface area contributed by atoms with Crippen LogP contribution in [0.4, 0.5) is 0 Å². The predicted molar refractivity (Wildman–Crippen MR) is 70.4 cm³/mol. The zero-order valence-corrected chi connectivity index (χ0v) is 10.5. The van der Waals surface area contributed by atoms with Crippen LogP contribution in [0.25, 0.3) is 0 Å². The number of carbonyl (C=O) groups excluding carboxylic acids is 1. The molecule has 0 aliphatic rings. The van der Waals surface area contributed by atoms with Crippen LogP contribution < -0.4 is 5.73 Å². The molecule has 0 aliphatic carbocycles. The van der Waals surface area contributed by atoms with Crippen LogP contribution in [0.2, 0.25) is 0 Å². The summed E-state index contributed by atoms with van der Waals surface area (Å²) in [7, 11) is 0. The van der Waals surface area contributed by atoms with Gasteiger partial charge in [-0.15, -0.1) is 0 Å². The Morgan fingerprint density at radius 3 is 2.61 bits per heavy atom. The maximum absolute atomic E-state index is 12.1. The van der Waals surface area contributed by atoms with Gasteiger partial charge >= 0.3 is 0 Å². The molecule has 5 nitrogen and oxygen atoms in total. The van der Waals surface area contributed by atoms with Gasteiger partial charge in [0.05, 0.1) is 13.0 Å². The number of hydrogen-bond donors (Lipinski definition) is 2. The van der Waals surface area contributed by atoms with Gasteiger partial charge in [-0.3, -0.25) is 4.79 Å². The lowest BCUT2D eigenvalue weighted by atomic mass is 10.1. The molecule has 0 aromatic heterocycles. The van der Waals surface area contributed by atoms with E-state index < -0.39 is 0 Å². The van der Waals surface area contributed by atoms with Gasteiger partial charge in [0, 0.05) is 6.54 Å². The smallest absolute Gasteiger partial charge is 0.227 e. The summed E-state index contributed by atoms with van der Waals surface area (Å²) in [4.78, 5) is 13.7. The molecule has 0 saturated carbocycles. The van der Waals surface area contributed by atoms with Gasteiger partial charge in [-0.05, 0) is 12.0 Å². The molecule has 0 bridgehead atoms. The molecule has 0 fully saturated rings. The van der Waals surface area contributed by atoms with E-state index in [2.05, 4.69) is 5.16 Å². The molecule has 0 heterocycles. The van der Waals surface area contributed by atoms with Crippen molar-refractivity contribution in [2.75, 3.05) is 13.1 Å². The lowest BCUT2D eigenvalue weighted by Gasteiger charge is -2.21. The average molecular weight is 249 g/mol. The Labute approximate surface area is 107 Å². The van der Waals surface area contributed by atoms with E-state index in [1.54, 1.807) is 4.90 Å². The number of rotatable bonds is 6. The summed E-state index contributed by atoms with van der Waals surface area (Å²) in [5, 5.41) is 11.4. The first-order valence-corrected chi connectivity index (χ1v) is 5.95. The molecule has 1 aromatic rings. The van der Waals surface area contributed by atoms with Crippen LogP contribution in [0.5, 0.6) is 0 Å². The minimum Gasteiger partial charge on any atom is -0.409 e. The van der Waals surface area contributed by atoms with Crippen LogP contribution in [0, 0.1) is 0 Å². The van der Waals surface area contributed by atoms with Gasteiger partial charge in [-0.2, -0.15) is 0 Å². The van der Waals surface area contributed by atoms with Crippen LogP contribution in [0.1, 0.15) is 18.9 Å². The molecule has 0 unspecified atom stereocenters. The number of nitrogens with two attached hydrogens (primary N) is 1. The van der Waals surface area contributed by atoms with Crippen molar-refractivity contribution < 1.29 is 10.0 Å². The number of oxime groups is 1. The second-order valence-electron chi connectivity index (χ2n) is 4.07. The van der Waals surface area contributed by atoms with Crippen molar-refractivity contribution in [2.24, 2.45) is 10.9 Å². The number of carbonyl (C=O) groups is 1. The SMILES string of the molecule is CCCN(CC(N)=NO)C(=O)Cc1ccccc1. The van der Waals surface area contributed by atoms with Crippen LogP contribution in [0.3, 0.4) is 0 Å². The molecular formula is C13H19N3O2. The highest BCUT2D eigenvalue weighted by Gasteiger charge is 2.14. The monoisotopic (exact) mass is 249 g/mol. The highest BCUT2D eigenvalue weighted by atomic mass is 16.4. The third-order valence-corrected chi connectivity index (χ3v) is 2.53. The third kappa shape index (κ3) is 4.45. The second-order valence-corrected chi connectivity index (χ2v) is 4.07. The number of benzene rings is 1. The Kier molecular flexibility index (Phi) is 5.70. The summed E-state index contributed by atoms with van der Waals surface area (Å²) in [5.41, 5.74) is 6.40. The molecule has 98 valence electrons. The van der Waals surface area contributed by atoms with E-state index >= 15 is 0 Å². The summed E-state index contributed by atoms with van der Waals surface area (Å²) in [6.45, 7) is 2.74. The van der Waals surface area contributed by atoms with Crippen LogP contribution in [0.15, 0.2) is 35.5 Å². The molecule has 1 amide bonds. The Balaban J connectivity index is 2.65. The van der Waals surface area contributed by atoms with Crippen LogP contribution >= 0.6 is 0 Å². The Morgan fingerprint density at radius 1 is 1.39 bits per heavy atom. The van der Waals surface area contributed by atoms with Crippen LogP contribution in [-0.4, -0.2) is 34.9 Å². The van der Waals surface area contributed by atoms with Crippen molar-refractivity contribution in [3.63, 3.8) is 0 Å². The maximum Gasteiger partial charge on any atom is 0.227 e. The number of hydrogen-bond acceptors (Lipinski definition) is 3. The fraction of sp³-hybridized carbons (Fsp3) is 0.385. The Morgan fingerprint density at radius 2 is 2.06 bits per heavy atom. The summed E-state index contributed by atoms with van der Waals surface area (Å²) < 4.78 is 0. The number of amides is 1. The van der Waals surface area contributed by atoms with Gasteiger partial charge in [0.15, 0.2) is 5.84 Å². The zero-order valence-electron chi connectivity index (χ0n) is 10.5. The van der Waals surface area contributed by atoms with Crippen molar-refractivity contribution >= 4 is 11.7 Å².